The number of aromatic nitrogens is 4. The van der Waals surface area contributed by atoms with Crippen molar-refractivity contribution >= 4 is 11.2 Å². The molecule has 2 aromatic rings. The van der Waals surface area contributed by atoms with Crippen LogP contribution in [0.15, 0.2) is 17.4 Å². The third-order valence-electron chi connectivity index (χ3n) is 4.39. The standard InChI is InChI=1S/C16H24N4O5/c1-16(2,3)24-6-10-9(5-21)12(22)15(25-10)20-8-19(4)11-13(20)17-7-18-14(11)23/h7-10,12,15,21-22H,5-6H2,1-4H3/p+1. The van der Waals surface area contributed by atoms with Crippen LogP contribution in [0.2, 0.25) is 0 Å². The van der Waals surface area contributed by atoms with E-state index in [9.17, 15) is 15.0 Å². The third kappa shape index (κ3) is 3.32. The Labute approximate surface area is 144 Å². The summed E-state index contributed by atoms with van der Waals surface area (Å²) in [6.07, 6.45) is 0.794. The summed E-state index contributed by atoms with van der Waals surface area (Å²) in [6.45, 7) is 5.81. The highest BCUT2D eigenvalue weighted by molar-refractivity contribution is 5.64. The van der Waals surface area contributed by atoms with Gasteiger partial charge < -0.3 is 24.7 Å². The lowest BCUT2D eigenvalue weighted by Gasteiger charge is -2.24. The lowest BCUT2D eigenvalue weighted by molar-refractivity contribution is -0.646. The van der Waals surface area contributed by atoms with Gasteiger partial charge in [0.2, 0.25) is 12.6 Å². The monoisotopic (exact) mass is 353 g/mol. The summed E-state index contributed by atoms with van der Waals surface area (Å²) in [5, 5.41) is 20.3. The van der Waals surface area contributed by atoms with Crippen molar-refractivity contribution in [3.8, 4) is 0 Å². The number of hydrogen-bond donors (Lipinski definition) is 3. The summed E-state index contributed by atoms with van der Waals surface area (Å²) in [4.78, 5) is 18.8. The molecule has 9 nitrogen and oxygen atoms in total. The Kier molecular flexibility index (Phi) is 4.67. The Morgan fingerprint density at radius 2 is 2.20 bits per heavy atom. The van der Waals surface area contributed by atoms with Crippen LogP contribution in [0, 0.1) is 5.92 Å². The van der Waals surface area contributed by atoms with Crippen LogP contribution in [0.5, 0.6) is 0 Å². The summed E-state index contributed by atoms with van der Waals surface area (Å²) < 4.78 is 15.0. The van der Waals surface area contributed by atoms with Crippen molar-refractivity contribution in [2.45, 2.75) is 44.8 Å². The zero-order chi connectivity index (χ0) is 18.4. The van der Waals surface area contributed by atoms with Gasteiger partial charge in [-0.3, -0.25) is 4.79 Å². The van der Waals surface area contributed by atoms with Crippen LogP contribution in [0.4, 0.5) is 0 Å². The molecule has 0 aromatic carbocycles. The lowest BCUT2D eigenvalue weighted by atomic mass is 9.99. The van der Waals surface area contributed by atoms with Gasteiger partial charge >= 0.3 is 5.56 Å². The Morgan fingerprint density at radius 1 is 1.48 bits per heavy atom. The van der Waals surface area contributed by atoms with Gasteiger partial charge in [-0.2, -0.15) is 9.55 Å². The summed E-state index contributed by atoms with van der Waals surface area (Å²) in [5.74, 6) is -0.489. The Bertz CT molecular complexity index is 809. The molecule has 4 atom stereocenters. The Hall–Kier alpha value is -1.81. The van der Waals surface area contributed by atoms with Crippen molar-refractivity contribution in [3.05, 3.63) is 23.0 Å². The van der Waals surface area contributed by atoms with E-state index >= 15 is 0 Å². The summed E-state index contributed by atoms with van der Waals surface area (Å²) in [7, 11) is 1.72. The molecule has 0 aliphatic carbocycles. The number of aryl methyl sites for hydroxylation is 1. The van der Waals surface area contributed by atoms with Gasteiger partial charge in [0.15, 0.2) is 0 Å². The van der Waals surface area contributed by atoms with E-state index in [-0.39, 0.29) is 24.4 Å². The average Bonchev–Trinajstić information content (AvgIpc) is 3.02. The number of nitrogens with one attached hydrogen (secondary N) is 1. The minimum atomic E-state index is -0.949. The van der Waals surface area contributed by atoms with Crippen molar-refractivity contribution in [1.82, 2.24) is 14.5 Å². The molecular weight excluding hydrogens is 328 g/mol. The number of aromatic amines is 1. The Balaban J connectivity index is 1.93. The molecule has 25 heavy (non-hydrogen) atoms. The second kappa shape index (κ2) is 6.49. The molecule has 0 radical (unpaired) electrons. The molecule has 1 fully saturated rings. The van der Waals surface area contributed by atoms with E-state index in [4.69, 9.17) is 9.47 Å². The predicted molar refractivity (Wildman–Crippen MR) is 87.7 cm³/mol. The van der Waals surface area contributed by atoms with Gasteiger partial charge in [-0.25, -0.2) is 4.57 Å². The van der Waals surface area contributed by atoms with Crippen LogP contribution < -0.4 is 10.1 Å². The second-order valence-electron chi connectivity index (χ2n) is 7.36. The number of ether oxygens (including phenoxy) is 2. The lowest BCUT2D eigenvalue weighted by Crippen LogP contribution is -2.34. The molecule has 9 heteroatoms. The van der Waals surface area contributed by atoms with Gasteiger partial charge in [-0.05, 0) is 20.8 Å². The zero-order valence-electron chi connectivity index (χ0n) is 14.8. The van der Waals surface area contributed by atoms with Crippen molar-refractivity contribution < 1.29 is 24.3 Å². The van der Waals surface area contributed by atoms with E-state index in [1.165, 1.54) is 6.33 Å². The first-order valence-electron chi connectivity index (χ1n) is 8.25. The van der Waals surface area contributed by atoms with Crippen LogP contribution in [0.1, 0.15) is 27.0 Å². The first kappa shape index (κ1) is 18.0. The Morgan fingerprint density at radius 3 is 2.84 bits per heavy atom. The maximum Gasteiger partial charge on any atom is 0.302 e. The van der Waals surface area contributed by atoms with E-state index in [1.54, 1.807) is 22.5 Å². The third-order valence-corrected chi connectivity index (χ3v) is 4.39. The molecule has 0 saturated carbocycles. The molecule has 138 valence electrons. The fraction of sp³-hybridized carbons (Fsp3) is 0.688. The highest BCUT2D eigenvalue weighted by Gasteiger charge is 2.48. The van der Waals surface area contributed by atoms with Gasteiger partial charge in [0.05, 0.1) is 38.3 Å². The normalized spacial score (nSPS) is 27.3. The van der Waals surface area contributed by atoms with Gasteiger partial charge in [0.1, 0.15) is 6.10 Å². The van der Waals surface area contributed by atoms with Crippen LogP contribution in [0.25, 0.3) is 11.2 Å². The molecule has 2 aromatic heterocycles. The van der Waals surface area contributed by atoms with Crippen LogP contribution in [-0.2, 0) is 16.5 Å². The predicted octanol–water partition coefficient (Wildman–Crippen LogP) is -0.769. The molecule has 0 bridgehead atoms. The van der Waals surface area contributed by atoms with E-state index in [0.29, 0.717) is 11.2 Å². The quantitative estimate of drug-likeness (QED) is 0.622. The molecule has 1 saturated heterocycles. The number of H-pyrrole nitrogens is 1. The largest absolute Gasteiger partial charge is 0.396 e. The highest BCUT2D eigenvalue weighted by atomic mass is 16.6. The maximum atomic E-state index is 12.0. The highest BCUT2D eigenvalue weighted by Crippen LogP contribution is 2.35. The molecule has 3 rings (SSSR count). The first-order chi connectivity index (χ1) is 11.7. The molecule has 3 heterocycles. The SMILES string of the molecule is C[n+]1cn(C2OC(COC(C)(C)C)C(CO)C2O)c2nc[nH]c(=O)c21. The van der Waals surface area contributed by atoms with Crippen molar-refractivity contribution in [3.63, 3.8) is 0 Å². The molecule has 3 N–H and O–H groups in total. The fourth-order valence-corrected chi connectivity index (χ4v) is 3.12. The van der Waals surface area contributed by atoms with E-state index < -0.39 is 24.4 Å². The van der Waals surface area contributed by atoms with Crippen molar-refractivity contribution in [1.29, 1.82) is 0 Å². The smallest absolute Gasteiger partial charge is 0.302 e. The minimum Gasteiger partial charge on any atom is -0.396 e. The van der Waals surface area contributed by atoms with Gasteiger partial charge in [0, 0.05) is 5.92 Å². The maximum absolute atomic E-state index is 12.0. The summed E-state index contributed by atoms with van der Waals surface area (Å²) >= 11 is 0. The van der Waals surface area contributed by atoms with Gasteiger partial charge in [-0.1, -0.05) is 0 Å². The number of aliphatic hydroxyl groups excluding tert-OH is 2. The van der Waals surface area contributed by atoms with Crippen LogP contribution in [-0.4, -0.2) is 55.8 Å². The zero-order valence-corrected chi connectivity index (χ0v) is 14.8. The number of fused-ring (bicyclic) bond motifs is 1. The van der Waals surface area contributed by atoms with Crippen molar-refractivity contribution in [2.24, 2.45) is 13.0 Å². The van der Waals surface area contributed by atoms with E-state index in [2.05, 4.69) is 9.97 Å². The first-order valence-corrected chi connectivity index (χ1v) is 8.25. The molecule has 1 aliphatic rings. The number of nitrogens with zero attached hydrogens (tertiary/aromatic N) is 3. The molecular formula is C16H25N4O5+. The summed E-state index contributed by atoms with van der Waals surface area (Å²) in [6, 6.07) is 0. The molecule has 0 amide bonds. The van der Waals surface area contributed by atoms with Crippen molar-refractivity contribution in [2.75, 3.05) is 13.2 Å². The number of imidazole rings is 1. The second-order valence-corrected chi connectivity index (χ2v) is 7.36. The minimum absolute atomic E-state index is 0.227. The van der Waals surface area contributed by atoms with Crippen LogP contribution in [0.3, 0.4) is 0 Å². The molecule has 1 aliphatic heterocycles. The number of rotatable bonds is 4. The van der Waals surface area contributed by atoms with E-state index in [1.807, 2.05) is 20.8 Å². The summed E-state index contributed by atoms with van der Waals surface area (Å²) in [5.41, 5.74) is 0.163. The van der Waals surface area contributed by atoms with Crippen LogP contribution >= 0.6 is 0 Å². The van der Waals surface area contributed by atoms with E-state index in [0.717, 1.165) is 0 Å². The number of aliphatic hydroxyl groups is 2. The fourth-order valence-electron chi connectivity index (χ4n) is 3.12. The number of hydrogen-bond acceptors (Lipinski definition) is 6. The topological polar surface area (TPSA) is 113 Å². The molecule has 4 unspecified atom stereocenters. The average molecular weight is 353 g/mol. The van der Waals surface area contributed by atoms with Gasteiger partial charge in [-0.15, -0.1) is 0 Å². The molecule has 0 spiro atoms. The van der Waals surface area contributed by atoms with Gasteiger partial charge in [0.25, 0.3) is 11.2 Å².